The fraction of sp³-hybridized carbons (Fsp3) is 0.268. The predicted octanol–water partition coefficient (Wildman–Crippen LogP) is 18.7. The van der Waals surface area contributed by atoms with E-state index in [9.17, 15) is 14.4 Å². The summed E-state index contributed by atoms with van der Waals surface area (Å²) in [5, 5.41) is 5.82. The van der Waals surface area contributed by atoms with Gasteiger partial charge < -0.3 is 13.2 Å². The van der Waals surface area contributed by atoms with E-state index in [1.54, 1.807) is 0 Å². The van der Waals surface area contributed by atoms with Crippen molar-refractivity contribution in [1.82, 2.24) is 28.2 Å². The third-order valence-corrected chi connectivity index (χ3v) is 20.7. The van der Waals surface area contributed by atoms with Crippen molar-refractivity contribution in [1.29, 1.82) is 0 Å². The summed E-state index contributed by atoms with van der Waals surface area (Å²) in [5.74, 6) is 0. The van der Waals surface area contributed by atoms with Gasteiger partial charge in [0, 0.05) is 84.8 Å². The zero-order chi connectivity index (χ0) is 62.5. The Morgan fingerprint density at radius 1 is 0.297 bits per heavy atom. The molecule has 6 aromatic heterocycles. The molecule has 0 bridgehead atoms. The van der Waals surface area contributed by atoms with Gasteiger partial charge in [0.05, 0.1) is 0 Å². The second-order valence-electron chi connectivity index (χ2n) is 30.1. The lowest BCUT2D eigenvalue weighted by atomic mass is 9.82. The SMILES string of the molecule is C.CC1(C)CC(C)(C)c2c1c(=O)nc1c3ccc(-c4ccccc4-c4cc(-c5ccccc5-c5ccc6c(ccn7c8c(c(=O)nc67)C(C)(C)CC8(C)C)c5)cc(-c5ccccc5-c5ccc6c(ccn7c8c(c(=O)nc67)C(C)(C)CC8(C)C)c5)c4)cc3ccn21. The van der Waals surface area contributed by atoms with Crippen molar-refractivity contribution in [2.24, 2.45) is 0 Å². The topological polar surface area (TPSA) is 103 Å². The maximum absolute atomic E-state index is 14.0. The number of pyridine rings is 3. The normalized spacial score (nSPS) is 17.0. The Bertz CT molecular complexity index is 5000. The lowest BCUT2D eigenvalue weighted by Gasteiger charge is -2.23. The van der Waals surface area contributed by atoms with E-state index in [2.05, 4.69) is 279 Å². The van der Waals surface area contributed by atoms with Gasteiger partial charge in [0.2, 0.25) is 0 Å². The van der Waals surface area contributed by atoms with Crippen LogP contribution in [-0.2, 0) is 32.5 Å². The molecule has 6 heterocycles. The second kappa shape index (κ2) is 19.5. The minimum atomic E-state index is -0.276. The molecule has 7 aromatic carbocycles. The Hall–Kier alpha value is -9.60. The average Bonchev–Trinajstić information content (AvgIpc) is 1.41. The summed E-state index contributed by atoms with van der Waals surface area (Å²) >= 11 is 0. The molecule has 0 fully saturated rings. The molecule has 3 aliphatic carbocycles. The fourth-order valence-electron chi connectivity index (χ4n) is 18.0. The number of hydrogen-bond acceptors (Lipinski definition) is 6. The Balaban J connectivity index is 0.00000689. The standard InChI is InChI=1S/C81H72N6O3.CH4/c1-76(2)43-79(7,8)67-64(76)73(88)82-70-61-28-25-46(37-49(61)31-34-85(67)70)55-19-13-16-22-58(55)52-40-53(59-23-17-14-20-56(59)47-26-29-62-50(38-47)32-35-86-68-65(74(89)83-71(62)86)77(3,4)44-80(68,9)10)42-54(41-52)60-24-18-15-21-57(60)48-27-30-63-51(39-48)33-36-87-69-66(75(90)84-72(63)87)78(5,6)45-81(69,11)12;/h13-42H,43-45H2,1-12H3;1H4. The number of nitrogens with zero attached hydrogens (tertiary/aromatic N) is 6. The summed E-state index contributed by atoms with van der Waals surface area (Å²) in [7, 11) is 0. The summed E-state index contributed by atoms with van der Waals surface area (Å²) < 4.78 is 6.50. The molecule has 0 atom stereocenters. The van der Waals surface area contributed by atoms with E-state index in [1.165, 1.54) is 0 Å². The van der Waals surface area contributed by atoms with Crippen LogP contribution in [0, 0.1) is 0 Å². The first-order valence-electron chi connectivity index (χ1n) is 31.7. The summed E-state index contributed by atoms with van der Waals surface area (Å²) in [5.41, 5.74) is 18.6. The van der Waals surface area contributed by atoms with Crippen LogP contribution in [-0.4, -0.2) is 28.2 Å². The van der Waals surface area contributed by atoms with Gasteiger partial charge in [-0.1, -0.05) is 200 Å². The Labute approximate surface area is 530 Å². The van der Waals surface area contributed by atoms with Crippen molar-refractivity contribution in [3.63, 3.8) is 0 Å². The average molecular weight is 1190 g/mol. The van der Waals surface area contributed by atoms with Crippen molar-refractivity contribution in [3.05, 3.63) is 247 Å². The fourth-order valence-corrected chi connectivity index (χ4v) is 18.0. The molecular formula is C82H76N6O3. The van der Waals surface area contributed by atoms with Gasteiger partial charge in [-0.2, -0.15) is 15.0 Å². The van der Waals surface area contributed by atoms with Gasteiger partial charge in [-0.25, -0.2) is 0 Å². The third kappa shape index (κ3) is 8.62. The highest BCUT2D eigenvalue weighted by Crippen LogP contribution is 2.52. The number of fused-ring (bicyclic) bond motifs is 15. The van der Waals surface area contributed by atoms with E-state index in [1.807, 2.05) is 0 Å². The number of aromatic nitrogens is 6. The molecule has 9 nitrogen and oxygen atoms in total. The molecule has 0 N–H and O–H groups in total. The molecule has 3 aliphatic rings. The van der Waals surface area contributed by atoms with Crippen LogP contribution >= 0.6 is 0 Å². The van der Waals surface area contributed by atoms with E-state index < -0.39 is 0 Å². The van der Waals surface area contributed by atoms with Crippen LogP contribution < -0.4 is 16.7 Å². The monoisotopic (exact) mass is 1190 g/mol. The maximum Gasteiger partial charge on any atom is 0.277 e. The molecular weight excluding hydrogens is 1120 g/mol. The summed E-state index contributed by atoms with van der Waals surface area (Å²) in [6.07, 6.45) is 8.94. The second-order valence-corrected chi connectivity index (χ2v) is 30.1. The van der Waals surface area contributed by atoms with E-state index >= 15 is 0 Å². The molecule has 0 spiro atoms. The first-order valence-corrected chi connectivity index (χ1v) is 31.7. The first-order chi connectivity index (χ1) is 42.8. The van der Waals surface area contributed by atoms with E-state index in [0.717, 1.165) is 152 Å². The molecule has 0 aliphatic heterocycles. The van der Waals surface area contributed by atoms with Crippen LogP contribution in [0.1, 0.15) is 144 Å². The van der Waals surface area contributed by atoms with Gasteiger partial charge in [-0.15, -0.1) is 0 Å². The van der Waals surface area contributed by atoms with Gasteiger partial charge >= 0.3 is 0 Å². The molecule has 0 radical (unpaired) electrons. The molecule has 16 rings (SSSR count). The zero-order valence-electron chi connectivity index (χ0n) is 53.3. The highest BCUT2D eigenvalue weighted by atomic mass is 16.1. The molecule has 13 aromatic rings. The highest BCUT2D eigenvalue weighted by Gasteiger charge is 2.48. The van der Waals surface area contributed by atoms with Crippen molar-refractivity contribution in [2.45, 2.75) is 142 Å². The van der Waals surface area contributed by atoms with Crippen molar-refractivity contribution in [2.75, 3.05) is 0 Å². The number of hydrogen-bond donors (Lipinski definition) is 0. The van der Waals surface area contributed by atoms with Crippen LogP contribution in [0.4, 0.5) is 0 Å². The van der Waals surface area contributed by atoms with E-state index in [-0.39, 0.29) is 56.6 Å². The maximum atomic E-state index is 14.0. The zero-order valence-corrected chi connectivity index (χ0v) is 53.3. The Morgan fingerprint density at radius 3 is 0.791 bits per heavy atom. The van der Waals surface area contributed by atoms with Crippen LogP contribution in [0.5, 0.6) is 0 Å². The highest BCUT2D eigenvalue weighted by molar-refractivity contribution is 6.02. The smallest absolute Gasteiger partial charge is 0.277 e. The number of benzene rings is 7. The lowest BCUT2D eigenvalue weighted by Crippen LogP contribution is -2.26. The summed E-state index contributed by atoms with van der Waals surface area (Å²) in [4.78, 5) is 56.5. The van der Waals surface area contributed by atoms with Gasteiger partial charge in [-0.3, -0.25) is 14.4 Å². The van der Waals surface area contributed by atoms with Crippen LogP contribution in [0.2, 0.25) is 0 Å². The van der Waals surface area contributed by atoms with Crippen LogP contribution in [0.3, 0.4) is 0 Å². The van der Waals surface area contributed by atoms with Gasteiger partial charge in [0.1, 0.15) is 16.9 Å². The number of rotatable bonds is 6. The molecule has 452 valence electrons. The molecule has 9 heteroatoms. The molecule has 0 saturated heterocycles. The molecule has 0 unspecified atom stereocenters. The van der Waals surface area contributed by atoms with Gasteiger partial charge in [0.25, 0.3) is 16.7 Å². The van der Waals surface area contributed by atoms with Gasteiger partial charge in [-0.05, 0) is 173 Å². The summed E-state index contributed by atoms with van der Waals surface area (Å²) in [6.45, 7) is 26.4. The Kier molecular flexibility index (Phi) is 12.4. The molecule has 91 heavy (non-hydrogen) atoms. The van der Waals surface area contributed by atoms with E-state index in [4.69, 9.17) is 15.0 Å². The molecule has 0 amide bonds. The summed E-state index contributed by atoms with van der Waals surface area (Å²) in [6, 6.07) is 59.2. The van der Waals surface area contributed by atoms with Crippen molar-refractivity contribution < 1.29 is 0 Å². The van der Waals surface area contributed by atoms with Crippen LogP contribution in [0.15, 0.2) is 197 Å². The third-order valence-electron chi connectivity index (χ3n) is 20.7. The first kappa shape index (κ1) is 57.8. The quantitative estimate of drug-likeness (QED) is 0.154. The van der Waals surface area contributed by atoms with Crippen LogP contribution in [0.25, 0.3) is 116 Å². The van der Waals surface area contributed by atoms with E-state index in [0.29, 0.717) is 16.9 Å². The van der Waals surface area contributed by atoms with Crippen molar-refractivity contribution in [3.8, 4) is 66.8 Å². The predicted molar refractivity (Wildman–Crippen MR) is 375 cm³/mol. The minimum Gasteiger partial charge on any atom is -0.304 e. The largest absolute Gasteiger partial charge is 0.304 e. The van der Waals surface area contributed by atoms with Gasteiger partial charge in [0.15, 0.2) is 0 Å². The lowest BCUT2D eigenvalue weighted by molar-refractivity contribution is 0.397. The Morgan fingerprint density at radius 2 is 0.538 bits per heavy atom. The van der Waals surface area contributed by atoms with Crippen molar-refractivity contribution >= 4 is 49.3 Å². The molecule has 0 saturated carbocycles. The minimum absolute atomic E-state index is 0.